The zero-order valence-electron chi connectivity index (χ0n) is 22.5. The molecular weight excluding hydrogens is 469 g/mol. The molecule has 0 bridgehead atoms. The van der Waals surface area contributed by atoms with Crippen LogP contribution in [0.15, 0.2) is 30.7 Å². The number of aromatic nitrogens is 4. The highest BCUT2D eigenvalue weighted by atomic mass is 19.1. The van der Waals surface area contributed by atoms with E-state index in [-0.39, 0.29) is 12.6 Å². The Hall–Kier alpha value is -3.07. The maximum absolute atomic E-state index is 14.4. The zero-order chi connectivity index (χ0) is 26.1. The van der Waals surface area contributed by atoms with Crippen LogP contribution in [0, 0.1) is 5.92 Å². The van der Waals surface area contributed by atoms with E-state index in [1.165, 1.54) is 18.4 Å². The number of methoxy groups -OCH3 is 1. The second kappa shape index (κ2) is 10.7. The molecule has 3 aromatic heterocycles. The van der Waals surface area contributed by atoms with Crippen molar-refractivity contribution in [1.29, 1.82) is 0 Å². The summed E-state index contributed by atoms with van der Waals surface area (Å²) in [4.78, 5) is 22.9. The molecule has 1 unspecified atom stereocenters. The highest BCUT2D eigenvalue weighted by Gasteiger charge is 2.36. The minimum absolute atomic E-state index is 0.220. The van der Waals surface area contributed by atoms with Crippen LogP contribution in [0.3, 0.4) is 0 Å². The number of pyridine rings is 2. The highest BCUT2D eigenvalue weighted by Crippen LogP contribution is 2.38. The van der Waals surface area contributed by atoms with Crippen LogP contribution in [0.4, 0.5) is 27.8 Å². The number of halogens is 1. The summed E-state index contributed by atoms with van der Waals surface area (Å²) in [5, 5.41) is 5.57. The van der Waals surface area contributed by atoms with Crippen LogP contribution >= 0.6 is 0 Å². The average molecular weight is 508 g/mol. The molecule has 2 aliphatic heterocycles. The maximum Gasteiger partial charge on any atom is 0.227 e. The smallest absolute Gasteiger partial charge is 0.227 e. The van der Waals surface area contributed by atoms with Crippen molar-refractivity contribution in [3.63, 3.8) is 0 Å². The molecule has 3 aromatic rings. The van der Waals surface area contributed by atoms with Crippen molar-refractivity contribution in [1.82, 2.24) is 19.9 Å². The molecule has 198 valence electrons. The highest BCUT2D eigenvalue weighted by molar-refractivity contribution is 5.96. The van der Waals surface area contributed by atoms with Gasteiger partial charge < -0.3 is 19.9 Å². The predicted molar refractivity (Wildman–Crippen MR) is 147 cm³/mol. The molecule has 0 aliphatic carbocycles. The van der Waals surface area contributed by atoms with Crippen molar-refractivity contribution in [3.8, 4) is 0 Å². The van der Waals surface area contributed by atoms with Crippen molar-refractivity contribution < 1.29 is 9.13 Å². The van der Waals surface area contributed by atoms with Gasteiger partial charge in [0, 0.05) is 50.2 Å². The molecule has 8 nitrogen and oxygen atoms in total. The fraction of sp³-hybridized carbons (Fsp3) is 0.571. The molecule has 5 rings (SSSR count). The summed E-state index contributed by atoms with van der Waals surface area (Å²) in [5.74, 6) is 3.91. The fourth-order valence-electron chi connectivity index (χ4n) is 5.60. The molecule has 0 aromatic carbocycles. The van der Waals surface area contributed by atoms with Gasteiger partial charge in [-0.25, -0.2) is 19.3 Å². The van der Waals surface area contributed by atoms with E-state index in [1.54, 1.807) is 19.4 Å². The lowest BCUT2D eigenvalue weighted by Crippen LogP contribution is -2.55. The summed E-state index contributed by atoms with van der Waals surface area (Å²) < 4.78 is 19.7. The molecular formula is C28H38FN7O. The van der Waals surface area contributed by atoms with Gasteiger partial charge in [0.05, 0.1) is 12.6 Å². The van der Waals surface area contributed by atoms with Crippen molar-refractivity contribution in [2.45, 2.75) is 71.2 Å². The molecule has 2 fully saturated rings. The fourth-order valence-corrected chi connectivity index (χ4v) is 5.60. The van der Waals surface area contributed by atoms with Crippen molar-refractivity contribution >= 4 is 34.2 Å². The van der Waals surface area contributed by atoms with Gasteiger partial charge in [-0.05, 0) is 54.7 Å². The van der Waals surface area contributed by atoms with Gasteiger partial charge in [0.1, 0.15) is 23.6 Å². The Morgan fingerprint density at radius 3 is 2.68 bits per heavy atom. The van der Waals surface area contributed by atoms with E-state index < -0.39 is 6.17 Å². The standard InChI is InChI=1S/C28H38FN7O/c1-6-7-19-15-36(18(19)4)27-22-14-31-26(12-20(22)21(13-32-27)17(2)3)33-25-8-10-30-28(34-25)35-11-9-24(37-5)23(29)16-35/h8,10,12-14,17-19,23-24H,6-7,9,11,15-16H2,1-5H3,(H,30,31,33,34)/t18-,19?,23-,24+/m1/s1. The monoisotopic (exact) mass is 507 g/mol. The summed E-state index contributed by atoms with van der Waals surface area (Å²) in [6.45, 7) is 10.8. The van der Waals surface area contributed by atoms with E-state index in [2.05, 4.69) is 53.9 Å². The van der Waals surface area contributed by atoms with Gasteiger partial charge in [0.25, 0.3) is 0 Å². The average Bonchev–Trinajstić information content (AvgIpc) is 2.90. The number of nitrogens with one attached hydrogen (secondary N) is 1. The Morgan fingerprint density at radius 2 is 1.97 bits per heavy atom. The van der Waals surface area contributed by atoms with Gasteiger partial charge in [-0.15, -0.1) is 0 Å². The number of ether oxygens (including phenoxy) is 1. The molecule has 0 spiro atoms. The van der Waals surface area contributed by atoms with Crippen molar-refractivity contribution in [2.24, 2.45) is 5.92 Å². The Balaban J connectivity index is 1.40. The molecule has 4 atom stereocenters. The van der Waals surface area contributed by atoms with Crippen LogP contribution < -0.4 is 15.1 Å². The largest absolute Gasteiger partial charge is 0.378 e. The molecule has 0 amide bonds. The van der Waals surface area contributed by atoms with E-state index in [4.69, 9.17) is 14.7 Å². The van der Waals surface area contributed by atoms with Crippen molar-refractivity contribution in [2.75, 3.05) is 41.9 Å². The second-order valence-corrected chi connectivity index (χ2v) is 10.6. The summed E-state index contributed by atoms with van der Waals surface area (Å²) in [6.07, 6.45) is 7.28. The molecule has 9 heteroatoms. The number of anilines is 4. The number of piperidine rings is 1. The van der Waals surface area contributed by atoms with E-state index in [1.807, 2.05) is 17.3 Å². The van der Waals surface area contributed by atoms with E-state index >= 15 is 0 Å². The molecule has 0 saturated carbocycles. The first-order valence-electron chi connectivity index (χ1n) is 13.5. The van der Waals surface area contributed by atoms with Gasteiger partial charge in [-0.1, -0.05) is 27.2 Å². The normalized spacial score (nSPS) is 24.0. The van der Waals surface area contributed by atoms with Crippen LogP contribution in [-0.4, -0.2) is 65.0 Å². The SMILES string of the molecule is CCCC1CN(c2ncc(C(C)C)c3cc(Nc4ccnc(N5CC[C@H](OC)[C@H](F)C5)n4)ncc23)[C@@H]1C. The van der Waals surface area contributed by atoms with Crippen LogP contribution in [0.25, 0.3) is 10.8 Å². The zero-order valence-corrected chi connectivity index (χ0v) is 22.5. The number of fused-ring (bicyclic) bond motifs is 1. The molecule has 37 heavy (non-hydrogen) atoms. The van der Waals surface area contributed by atoms with Gasteiger partial charge in [-0.3, -0.25) is 0 Å². The third kappa shape index (κ3) is 5.06. The van der Waals surface area contributed by atoms with E-state index in [9.17, 15) is 4.39 Å². The Morgan fingerprint density at radius 1 is 1.14 bits per heavy atom. The first-order valence-corrected chi connectivity index (χ1v) is 13.5. The first-order chi connectivity index (χ1) is 17.9. The van der Waals surface area contributed by atoms with Gasteiger partial charge in [0.2, 0.25) is 5.95 Å². The molecule has 1 N–H and O–H groups in total. The Labute approximate surface area is 218 Å². The van der Waals surface area contributed by atoms with Crippen LogP contribution in [-0.2, 0) is 4.74 Å². The lowest BCUT2D eigenvalue weighted by Gasteiger charge is -2.48. The van der Waals surface area contributed by atoms with Crippen LogP contribution in [0.1, 0.15) is 58.4 Å². The minimum Gasteiger partial charge on any atom is -0.378 e. The van der Waals surface area contributed by atoms with Crippen LogP contribution in [0.5, 0.6) is 0 Å². The molecule has 2 aliphatic rings. The number of nitrogens with zero attached hydrogens (tertiary/aromatic N) is 6. The summed E-state index contributed by atoms with van der Waals surface area (Å²) in [6, 6.07) is 4.38. The Kier molecular flexibility index (Phi) is 7.42. The van der Waals surface area contributed by atoms with E-state index in [0.717, 1.165) is 29.1 Å². The number of hydrogen-bond donors (Lipinski definition) is 1. The maximum atomic E-state index is 14.4. The summed E-state index contributed by atoms with van der Waals surface area (Å²) >= 11 is 0. The van der Waals surface area contributed by atoms with Crippen LogP contribution in [0.2, 0.25) is 0 Å². The third-order valence-electron chi connectivity index (χ3n) is 7.91. The summed E-state index contributed by atoms with van der Waals surface area (Å²) in [5.41, 5.74) is 1.20. The van der Waals surface area contributed by atoms with Gasteiger partial charge in [-0.2, -0.15) is 4.98 Å². The Bertz CT molecular complexity index is 1240. The molecule has 5 heterocycles. The number of hydrogen-bond acceptors (Lipinski definition) is 8. The number of rotatable bonds is 8. The van der Waals surface area contributed by atoms with Crippen molar-refractivity contribution in [3.05, 3.63) is 36.3 Å². The summed E-state index contributed by atoms with van der Waals surface area (Å²) in [7, 11) is 1.56. The predicted octanol–water partition coefficient (Wildman–Crippen LogP) is 5.47. The first kappa shape index (κ1) is 25.6. The van der Waals surface area contributed by atoms with E-state index in [0.29, 0.717) is 42.5 Å². The lowest BCUT2D eigenvalue weighted by atomic mass is 9.85. The van der Waals surface area contributed by atoms with Gasteiger partial charge >= 0.3 is 0 Å². The minimum atomic E-state index is -1.07. The topological polar surface area (TPSA) is 79.3 Å². The third-order valence-corrected chi connectivity index (χ3v) is 7.91. The molecule has 2 saturated heterocycles. The second-order valence-electron chi connectivity index (χ2n) is 10.6. The lowest BCUT2D eigenvalue weighted by molar-refractivity contribution is 0.0194. The van der Waals surface area contributed by atoms with Gasteiger partial charge in [0.15, 0.2) is 0 Å². The molecule has 0 radical (unpaired) electrons. The number of alkyl halides is 1. The quantitative estimate of drug-likeness (QED) is 0.430.